The summed E-state index contributed by atoms with van der Waals surface area (Å²) >= 11 is 0. The second kappa shape index (κ2) is 2.62. The highest BCUT2D eigenvalue weighted by Crippen LogP contribution is 2.10. The zero-order chi connectivity index (χ0) is 6.69. The lowest BCUT2D eigenvalue weighted by Crippen LogP contribution is -1.86. The van der Waals surface area contributed by atoms with E-state index in [-0.39, 0.29) is 0 Å². The van der Waals surface area contributed by atoms with E-state index in [0.717, 1.165) is 0 Å². The Labute approximate surface area is 55.7 Å². The van der Waals surface area contributed by atoms with Gasteiger partial charge in [-0.25, -0.2) is 0 Å². The van der Waals surface area contributed by atoms with Crippen molar-refractivity contribution in [3.05, 3.63) is 30.1 Å². The molecular formula is C8H10N. The second-order valence-electron chi connectivity index (χ2n) is 2.37. The molecule has 0 N–H and O–H groups in total. The molecule has 0 aromatic carbocycles. The fourth-order valence-electron chi connectivity index (χ4n) is 0.653. The molecule has 0 saturated heterocycles. The Kier molecular flexibility index (Phi) is 1.83. The summed E-state index contributed by atoms with van der Waals surface area (Å²) in [6.45, 7) is 4.29. The fourth-order valence-corrected chi connectivity index (χ4v) is 0.653. The van der Waals surface area contributed by atoms with Gasteiger partial charge in [0.05, 0.1) is 0 Å². The van der Waals surface area contributed by atoms with Crippen molar-refractivity contribution < 1.29 is 0 Å². The Balaban J connectivity index is 2.85. The summed E-state index contributed by atoms with van der Waals surface area (Å²) in [5.41, 5.74) is 1.25. The Hall–Kier alpha value is -0.850. The van der Waals surface area contributed by atoms with Crippen molar-refractivity contribution in [2.75, 3.05) is 0 Å². The van der Waals surface area contributed by atoms with Gasteiger partial charge in [0.2, 0.25) is 0 Å². The van der Waals surface area contributed by atoms with Crippen molar-refractivity contribution in [3.63, 3.8) is 0 Å². The second-order valence-corrected chi connectivity index (χ2v) is 2.37. The van der Waals surface area contributed by atoms with Gasteiger partial charge in [0.25, 0.3) is 0 Å². The van der Waals surface area contributed by atoms with Crippen LogP contribution in [0.25, 0.3) is 0 Å². The maximum Gasteiger partial charge on any atom is 0.0347 e. The number of pyridine rings is 1. The van der Waals surface area contributed by atoms with E-state index in [1.165, 1.54) is 5.56 Å². The minimum Gasteiger partial charge on any atom is -0.264 e. The highest BCUT2D eigenvalue weighted by atomic mass is 14.6. The number of hydrogen-bond donors (Lipinski definition) is 0. The summed E-state index contributed by atoms with van der Waals surface area (Å²) in [5, 5.41) is 0. The molecule has 0 unspecified atom stereocenters. The average Bonchev–Trinajstić information content (AvgIpc) is 1.90. The summed E-state index contributed by atoms with van der Waals surface area (Å²) in [6.07, 6.45) is 3.55. The van der Waals surface area contributed by atoms with E-state index in [4.69, 9.17) is 0 Å². The minimum atomic E-state index is 0.565. The van der Waals surface area contributed by atoms with E-state index in [1.54, 1.807) is 6.20 Å². The van der Waals surface area contributed by atoms with E-state index < -0.39 is 0 Å². The van der Waals surface area contributed by atoms with Crippen LogP contribution < -0.4 is 0 Å². The largest absolute Gasteiger partial charge is 0.264 e. The number of nitrogens with zero attached hydrogens (tertiary/aromatic N) is 1. The van der Waals surface area contributed by atoms with E-state index in [1.807, 2.05) is 12.3 Å². The Morgan fingerprint density at radius 2 is 2.33 bits per heavy atom. The van der Waals surface area contributed by atoms with Crippen LogP contribution in [-0.2, 0) is 0 Å². The van der Waals surface area contributed by atoms with Gasteiger partial charge >= 0.3 is 0 Å². The monoisotopic (exact) mass is 120 g/mol. The standard InChI is InChI=1S/C8H10N/c1-7(2)8-4-3-5-9-6-8/h4-7H,1-2H3. The maximum absolute atomic E-state index is 3.95. The molecule has 0 fully saturated rings. The van der Waals surface area contributed by atoms with Crippen LogP contribution in [0.15, 0.2) is 18.5 Å². The van der Waals surface area contributed by atoms with Crippen LogP contribution in [0, 0.1) is 6.07 Å². The predicted octanol–water partition coefficient (Wildman–Crippen LogP) is 2.01. The lowest BCUT2D eigenvalue weighted by atomic mass is 10.1. The molecule has 9 heavy (non-hydrogen) atoms. The van der Waals surface area contributed by atoms with Crippen LogP contribution >= 0.6 is 0 Å². The van der Waals surface area contributed by atoms with Gasteiger partial charge in [0.1, 0.15) is 0 Å². The molecule has 0 bridgehead atoms. The molecular weight excluding hydrogens is 110 g/mol. The van der Waals surface area contributed by atoms with Crippen LogP contribution in [0.2, 0.25) is 0 Å². The van der Waals surface area contributed by atoms with Crippen molar-refractivity contribution in [2.24, 2.45) is 0 Å². The van der Waals surface area contributed by atoms with Gasteiger partial charge in [-0.3, -0.25) is 4.98 Å². The molecule has 0 aliphatic rings. The van der Waals surface area contributed by atoms with E-state index >= 15 is 0 Å². The Morgan fingerprint density at radius 1 is 1.56 bits per heavy atom. The zero-order valence-corrected chi connectivity index (χ0v) is 5.76. The summed E-state index contributed by atoms with van der Waals surface area (Å²) in [5.74, 6) is 0.565. The summed E-state index contributed by atoms with van der Waals surface area (Å²) in [7, 11) is 0. The molecule has 0 saturated carbocycles. The van der Waals surface area contributed by atoms with Gasteiger partial charge in [0.15, 0.2) is 0 Å². The molecule has 1 aromatic heterocycles. The van der Waals surface area contributed by atoms with Gasteiger partial charge < -0.3 is 0 Å². The third kappa shape index (κ3) is 1.53. The fraction of sp³-hybridized carbons (Fsp3) is 0.375. The number of rotatable bonds is 1. The lowest BCUT2D eigenvalue weighted by molar-refractivity contribution is 0.858. The first-order valence-electron chi connectivity index (χ1n) is 3.11. The molecule has 0 aliphatic carbocycles. The number of aromatic nitrogens is 1. The normalized spacial score (nSPS) is 10.1. The van der Waals surface area contributed by atoms with Crippen molar-refractivity contribution in [3.8, 4) is 0 Å². The van der Waals surface area contributed by atoms with Crippen LogP contribution in [0.3, 0.4) is 0 Å². The van der Waals surface area contributed by atoms with Crippen molar-refractivity contribution in [1.82, 2.24) is 4.98 Å². The summed E-state index contributed by atoms with van der Waals surface area (Å²) in [6, 6.07) is 4.90. The van der Waals surface area contributed by atoms with Crippen LogP contribution in [0.5, 0.6) is 0 Å². The molecule has 0 amide bonds. The topological polar surface area (TPSA) is 12.9 Å². The maximum atomic E-state index is 3.95. The quantitative estimate of drug-likeness (QED) is 0.552. The van der Waals surface area contributed by atoms with Crippen LogP contribution in [0.1, 0.15) is 25.3 Å². The summed E-state index contributed by atoms with van der Waals surface area (Å²) in [4.78, 5) is 3.95. The van der Waals surface area contributed by atoms with Crippen LogP contribution in [-0.4, -0.2) is 4.98 Å². The smallest absolute Gasteiger partial charge is 0.0347 e. The van der Waals surface area contributed by atoms with Gasteiger partial charge in [-0.2, -0.15) is 0 Å². The third-order valence-electron chi connectivity index (χ3n) is 1.29. The third-order valence-corrected chi connectivity index (χ3v) is 1.29. The number of hydrogen-bond acceptors (Lipinski definition) is 1. The molecule has 0 atom stereocenters. The lowest BCUT2D eigenvalue weighted by Gasteiger charge is -2.00. The molecule has 1 nitrogen and oxygen atoms in total. The van der Waals surface area contributed by atoms with Crippen molar-refractivity contribution in [2.45, 2.75) is 19.8 Å². The van der Waals surface area contributed by atoms with Gasteiger partial charge in [-0.05, 0) is 17.5 Å². The van der Waals surface area contributed by atoms with Gasteiger partial charge in [-0.15, -0.1) is 0 Å². The minimum absolute atomic E-state index is 0.565. The highest BCUT2D eigenvalue weighted by molar-refractivity contribution is 5.11. The molecule has 1 heterocycles. The zero-order valence-electron chi connectivity index (χ0n) is 5.76. The van der Waals surface area contributed by atoms with E-state index in [9.17, 15) is 0 Å². The Bertz CT molecular complexity index is 167. The van der Waals surface area contributed by atoms with Crippen LogP contribution in [0.4, 0.5) is 0 Å². The highest BCUT2D eigenvalue weighted by Gasteiger charge is 1.94. The first kappa shape index (κ1) is 6.27. The molecule has 0 spiro atoms. The van der Waals surface area contributed by atoms with Crippen molar-refractivity contribution >= 4 is 0 Å². The van der Waals surface area contributed by atoms with Gasteiger partial charge in [0, 0.05) is 18.5 Å². The van der Waals surface area contributed by atoms with E-state index in [2.05, 4.69) is 24.9 Å². The molecule has 1 rings (SSSR count). The molecule has 0 aliphatic heterocycles. The predicted molar refractivity (Wildman–Crippen MR) is 37.2 cm³/mol. The molecule has 1 heteroatoms. The summed E-state index contributed by atoms with van der Waals surface area (Å²) < 4.78 is 0. The Morgan fingerprint density at radius 3 is 2.67 bits per heavy atom. The molecule has 1 aromatic rings. The molecule has 47 valence electrons. The first-order valence-corrected chi connectivity index (χ1v) is 3.11. The van der Waals surface area contributed by atoms with Gasteiger partial charge in [-0.1, -0.05) is 13.8 Å². The molecule has 1 radical (unpaired) electrons. The van der Waals surface area contributed by atoms with E-state index in [0.29, 0.717) is 5.92 Å². The SMILES string of the molecule is CC(C)c1c[c]cnc1. The average molecular weight is 120 g/mol. The van der Waals surface area contributed by atoms with Crippen molar-refractivity contribution in [1.29, 1.82) is 0 Å². The first-order chi connectivity index (χ1) is 4.30.